The minimum atomic E-state index is -0.0599. The molecule has 0 bridgehead atoms. The lowest BCUT2D eigenvalue weighted by atomic mass is 9.95. The summed E-state index contributed by atoms with van der Waals surface area (Å²) in [7, 11) is 0. The lowest BCUT2D eigenvalue weighted by Crippen LogP contribution is -2.40. The summed E-state index contributed by atoms with van der Waals surface area (Å²) < 4.78 is 0. The molecule has 0 aliphatic carbocycles. The van der Waals surface area contributed by atoms with Gasteiger partial charge in [0, 0.05) is 43.2 Å². The van der Waals surface area contributed by atoms with Crippen molar-refractivity contribution >= 4 is 23.6 Å². The summed E-state index contributed by atoms with van der Waals surface area (Å²) in [6, 6.07) is 13.3. The maximum atomic E-state index is 12.3. The van der Waals surface area contributed by atoms with Gasteiger partial charge in [-0.25, -0.2) is 0 Å². The molecule has 5 heteroatoms. The number of hydrogen-bond donors (Lipinski definition) is 1. The van der Waals surface area contributed by atoms with Crippen molar-refractivity contribution in [1.82, 2.24) is 9.88 Å². The summed E-state index contributed by atoms with van der Waals surface area (Å²) in [6.07, 6.45) is 8.09. The minimum absolute atomic E-state index is 0.00292. The molecule has 2 heterocycles. The Labute approximate surface area is 147 Å². The lowest BCUT2D eigenvalue weighted by Gasteiger charge is -2.30. The van der Waals surface area contributed by atoms with Gasteiger partial charge in [0.15, 0.2) is 0 Å². The van der Waals surface area contributed by atoms with E-state index in [0.29, 0.717) is 25.9 Å². The zero-order valence-corrected chi connectivity index (χ0v) is 14.0. The number of anilines is 1. The number of nitrogens with one attached hydrogen (secondary N) is 1. The number of carbonyl (C=O) groups is 2. The molecule has 128 valence electrons. The Morgan fingerprint density at radius 1 is 1.04 bits per heavy atom. The number of carbonyl (C=O) groups excluding carboxylic acids is 2. The van der Waals surface area contributed by atoms with E-state index in [1.807, 2.05) is 36.4 Å². The first kappa shape index (κ1) is 16.9. The average Bonchev–Trinajstić information content (AvgIpc) is 2.68. The van der Waals surface area contributed by atoms with Crippen molar-refractivity contribution in [2.45, 2.75) is 12.8 Å². The van der Waals surface area contributed by atoms with E-state index in [0.717, 1.165) is 11.3 Å². The van der Waals surface area contributed by atoms with Crippen LogP contribution in [0.3, 0.4) is 0 Å². The molecule has 1 aliphatic rings. The Bertz CT molecular complexity index is 736. The number of rotatable bonds is 4. The highest BCUT2D eigenvalue weighted by Crippen LogP contribution is 2.19. The Hall–Kier alpha value is -2.95. The van der Waals surface area contributed by atoms with Gasteiger partial charge in [0.2, 0.25) is 11.8 Å². The maximum absolute atomic E-state index is 12.3. The molecule has 1 fully saturated rings. The third kappa shape index (κ3) is 4.76. The summed E-state index contributed by atoms with van der Waals surface area (Å²) in [5.41, 5.74) is 1.76. The fraction of sp³-hybridized carbons (Fsp3) is 0.250. The highest BCUT2D eigenvalue weighted by Gasteiger charge is 2.26. The number of benzene rings is 1. The predicted octanol–water partition coefficient (Wildman–Crippen LogP) is 2.97. The highest BCUT2D eigenvalue weighted by molar-refractivity contribution is 5.94. The Kier molecular flexibility index (Phi) is 5.57. The van der Waals surface area contributed by atoms with Gasteiger partial charge in [-0.05, 0) is 36.6 Å². The second-order valence-electron chi connectivity index (χ2n) is 6.07. The standard InChI is InChI=1S/C20H21N3O2/c24-19(7-6-16-4-2-1-3-5-16)23-14-10-17(11-15-23)20(25)22-18-8-12-21-13-9-18/h1-9,12-13,17H,10-11,14-15H2,(H,21,22,25)/b7-6+. The first-order valence-electron chi connectivity index (χ1n) is 8.45. The van der Waals surface area contributed by atoms with Gasteiger partial charge in [0.1, 0.15) is 0 Å². The fourth-order valence-electron chi connectivity index (χ4n) is 2.88. The summed E-state index contributed by atoms with van der Waals surface area (Å²) in [5.74, 6) is -0.0507. The van der Waals surface area contributed by atoms with E-state index in [2.05, 4.69) is 10.3 Å². The molecule has 1 N–H and O–H groups in total. The number of piperidine rings is 1. The monoisotopic (exact) mass is 335 g/mol. The zero-order valence-electron chi connectivity index (χ0n) is 14.0. The van der Waals surface area contributed by atoms with Gasteiger partial charge >= 0.3 is 0 Å². The normalized spacial score (nSPS) is 15.3. The fourth-order valence-corrected chi connectivity index (χ4v) is 2.88. The van der Waals surface area contributed by atoms with E-state index >= 15 is 0 Å². The predicted molar refractivity (Wildman–Crippen MR) is 97.6 cm³/mol. The van der Waals surface area contributed by atoms with Crippen molar-refractivity contribution in [1.29, 1.82) is 0 Å². The van der Waals surface area contributed by atoms with Crippen LogP contribution in [0.2, 0.25) is 0 Å². The average molecular weight is 335 g/mol. The van der Waals surface area contributed by atoms with Crippen LogP contribution in [0.1, 0.15) is 18.4 Å². The Balaban J connectivity index is 1.49. The number of nitrogens with zero attached hydrogens (tertiary/aromatic N) is 2. The SMILES string of the molecule is O=C(Nc1ccncc1)C1CCN(C(=O)/C=C/c2ccccc2)CC1. The summed E-state index contributed by atoms with van der Waals surface area (Å²) >= 11 is 0. The molecule has 1 aromatic heterocycles. The van der Waals surface area contributed by atoms with E-state index < -0.39 is 0 Å². The van der Waals surface area contributed by atoms with E-state index in [9.17, 15) is 9.59 Å². The molecule has 2 aromatic rings. The first-order valence-corrected chi connectivity index (χ1v) is 8.45. The topological polar surface area (TPSA) is 62.3 Å². The molecule has 0 spiro atoms. The van der Waals surface area contributed by atoms with Gasteiger partial charge in [-0.15, -0.1) is 0 Å². The third-order valence-corrected chi connectivity index (χ3v) is 4.34. The van der Waals surface area contributed by atoms with Gasteiger partial charge < -0.3 is 10.2 Å². The van der Waals surface area contributed by atoms with Crippen molar-refractivity contribution < 1.29 is 9.59 Å². The molecule has 0 atom stereocenters. The van der Waals surface area contributed by atoms with E-state index in [1.165, 1.54) is 0 Å². The van der Waals surface area contributed by atoms with Crippen LogP contribution in [-0.4, -0.2) is 34.8 Å². The Morgan fingerprint density at radius 3 is 2.40 bits per heavy atom. The number of hydrogen-bond acceptors (Lipinski definition) is 3. The molecule has 1 saturated heterocycles. The molecule has 5 nitrogen and oxygen atoms in total. The molecule has 0 saturated carbocycles. The largest absolute Gasteiger partial charge is 0.339 e. The van der Waals surface area contributed by atoms with Crippen molar-refractivity contribution in [2.24, 2.45) is 5.92 Å². The highest BCUT2D eigenvalue weighted by atomic mass is 16.2. The van der Waals surface area contributed by atoms with Crippen LogP contribution >= 0.6 is 0 Å². The van der Waals surface area contributed by atoms with Gasteiger partial charge in [-0.3, -0.25) is 14.6 Å². The van der Waals surface area contributed by atoms with Gasteiger partial charge in [0.05, 0.1) is 0 Å². The van der Waals surface area contributed by atoms with Crippen molar-refractivity contribution in [2.75, 3.05) is 18.4 Å². The Morgan fingerprint density at radius 2 is 1.72 bits per heavy atom. The molecule has 1 aromatic carbocycles. The molecular weight excluding hydrogens is 314 g/mol. The lowest BCUT2D eigenvalue weighted by molar-refractivity contribution is -0.130. The molecular formula is C20H21N3O2. The van der Waals surface area contributed by atoms with Crippen LogP contribution in [0.25, 0.3) is 6.08 Å². The molecule has 0 radical (unpaired) electrons. The maximum Gasteiger partial charge on any atom is 0.246 e. The molecule has 25 heavy (non-hydrogen) atoms. The molecule has 3 rings (SSSR count). The third-order valence-electron chi connectivity index (χ3n) is 4.34. The van der Waals surface area contributed by atoms with Crippen LogP contribution in [0, 0.1) is 5.92 Å². The number of aromatic nitrogens is 1. The quantitative estimate of drug-likeness (QED) is 0.874. The second kappa shape index (κ2) is 8.24. The van der Waals surface area contributed by atoms with Crippen LogP contribution in [0.4, 0.5) is 5.69 Å². The zero-order chi connectivity index (χ0) is 17.5. The molecule has 1 aliphatic heterocycles. The van der Waals surface area contributed by atoms with Crippen LogP contribution in [0.5, 0.6) is 0 Å². The number of likely N-dealkylation sites (tertiary alicyclic amines) is 1. The first-order chi connectivity index (χ1) is 12.2. The van der Waals surface area contributed by atoms with Gasteiger partial charge in [-0.2, -0.15) is 0 Å². The number of amides is 2. The number of pyridine rings is 1. The van der Waals surface area contributed by atoms with E-state index in [4.69, 9.17) is 0 Å². The van der Waals surface area contributed by atoms with Crippen molar-refractivity contribution in [3.05, 3.63) is 66.5 Å². The summed E-state index contributed by atoms with van der Waals surface area (Å²) in [4.78, 5) is 30.3. The molecule has 2 amide bonds. The van der Waals surface area contributed by atoms with E-state index in [1.54, 1.807) is 35.5 Å². The summed E-state index contributed by atoms with van der Waals surface area (Å²) in [5, 5.41) is 2.91. The minimum Gasteiger partial charge on any atom is -0.339 e. The van der Waals surface area contributed by atoms with Crippen LogP contribution < -0.4 is 5.32 Å². The van der Waals surface area contributed by atoms with Gasteiger partial charge in [0.25, 0.3) is 0 Å². The van der Waals surface area contributed by atoms with Crippen molar-refractivity contribution in [3.8, 4) is 0 Å². The van der Waals surface area contributed by atoms with Crippen LogP contribution in [0.15, 0.2) is 60.9 Å². The van der Waals surface area contributed by atoms with Crippen LogP contribution in [-0.2, 0) is 9.59 Å². The molecule has 0 unspecified atom stereocenters. The summed E-state index contributed by atoms with van der Waals surface area (Å²) in [6.45, 7) is 1.21. The van der Waals surface area contributed by atoms with Crippen molar-refractivity contribution in [3.63, 3.8) is 0 Å². The second-order valence-corrected chi connectivity index (χ2v) is 6.07. The van der Waals surface area contributed by atoms with E-state index in [-0.39, 0.29) is 17.7 Å². The smallest absolute Gasteiger partial charge is 0.246 e. The van der Waals surface area contributed by atoms with Gasteiger partial charge in [-0.1, -0.05) is 30.3 Å².